The first-order valence-corrected chi connectivity index (χ1v) is 9.87. The van der Waals surface area contributed by atoms with Crippen LogP contribution >= 0.6 is 0 Å². The van der Waals surface area contributed by atoms with E-state index in [1.165, 1.54) is 19.3 Å². The van der Waals surface area contributed by atoms with Crippen LogP contribution in [0.3, 0.4) is 0 Å². The molecule has 1 N–H and O–H groups in total. The van der Waals surface area contributed by atoms with Crippen LogP contribution < -0.4 is 4.72 Å². The first-order valence-electron chi connectivity index (χ1n) is 7.98. The van der Waals surface area contributed by atoms with Gasteiger partial charge in [0.2, 0.25) is 15.9 Å². The lowest BCUT2D eigenvalue weighted by atomic mass is 9.49. The summed E-state index contributed by atoms with van der Waals surface area (Å²) in [5.41, 5.74) is -0.130. The van der Waals surface area contributed by atoms with Crippen molar-refractivity contribution in [3.8, 4) is 0 Å². The van der Waals surface area contributed by atoms with E-state index in [2.05, 4.69) is 4.72 Å². The highest BCUT2D eigenvalue weighted by molar-refractivity contribution is 7.88. The summed E-state index contributed by atoms with van der Waals surface area (Å²) >= 11 is 0. The Morgan fingerprint density at radius 2 is 1.62 bits per heavy atom. The van der Waals surface area contributed by atoms with Crippen molar-refractivity contribution >= 4 is 15.9 Å². The Labute approximate surface area is 127 Å². The molecule has 5 nitrogen and oxygen atoms in total. The van der Waals surface area contributed by atoms with Gasteiger partial charge in [-0.25, -0.2) is 13.1 Å². The largest absolute Gasteiger partial charge is 0.344 e. The van der Waals surface area contributed by atoms with E-state index in [4.69, 9.17) is 0 Å². The summed E-state index contributed by atoms with van der Waals surface area (Å²) in [7, 11) is -1.37. The minimum absolute atomic E-state index is 0.130. The van der Waals surface area contributed by atoms with Crippen LogP contribution in [0.4, 0.5) is 0 Å². The van der Waals surface area contributed by atoms with Crippen molar-refractivity contribution in [1.82, 2.24) is 9.62 Å². The van der Waals surface area contributed by atoms with Gasteiger partial charge >= 0.3 is 0 Å². The van der Waals surface area contributed by atoms with Crippen LogP contribution in [-0.2, 0) is 14.8 Å². The van der Waals surface area contributed by atoms with E-state index in [9.17, 15) is 13.2 Å². The van der Waals surface area contributed by atoms with Gasteiger partial charge in [-0.2, -0.15) is 0 Å². The van der Waals surface area contributed by atoms with Crippen LogP contribution in [0.25, 0.3) is 0 Å². The predicted molar refractivity (Wildman–Crippen MR) is 81.1 cm³/mol. The number of amides is 1. The van der Waals surface area contributed by atoms with E-state index < -0.39 is 10.0 Å². The maximum atomic E-state index is 12.9. The fourth-order valence-electron chi connectivity index (χ4n) is 5.28. The van der Waals surface area contributed by atoms with Gasteiger partial charge in [0.1, 0.15) is 0 Å². The monoisotopic (exact) mass is 314 g/mol. The first-order chi connectivity index (χ1) is 9.77. The maximum absolute atomic E-state index is 12.9. The standard InChI is InChI=1S/C15H26N2O3S/c1-17(4-3-16-21(2,19)20)14(18)15-8-11-5-12(9-15)7-13(6-11)10-15/h11-13,16H,3-10H2,1-2H3. The molecule has 0 atom stereocenters. The van der Waals surface area contributed by atoms with Crippen LogP contribution in [0.15, 0.2) is 0 Å². The van der Waals surface area contributed by atoms with Crippen LogP contribution in [0.1, 0.15) is 38.5 Å². The van der Waals surface area contributed by atoms with Crippen LogP contribution in [0.2, 0.25) is 0 Å². The Bertz CT molecular complexity index is 494. The van der Waals surface area contributed by atoms with Gasteiger partial charge in [-0.1, -0.05) is 0 Å². The number of carbonyl (C=O) groups is 1. The van der Waals surface area contributed by atoms with E-state index in [0.717, 1.165) is 43.3 Å². The van der Waals surface area contributed by atoms with E-state index in [1.807, 2.05) is 7.05 Å². The molecule has 4 bridgehead atoms. The molecule has 21 heavy (non-hydrogen) atoms. The molecule has 120 valence electrons. The number of sulfonamides is 1. The van der Waals surface area contributed by atoms with Crippen LogP contribution in [-0.4, -0.2) is 45.6 Å². The molecule has 0 unspecified atom stereocenters. The SMILES string of the molecule is CN(CCNS(C)(=O)=O)C(=O)C12CC3CC(CC(C3)C1)C2. The maximum Gasteiger partial charge on any atom is 0.228 e. The second-order valence-corrected chi connectivity index (χ2v) is 9.42. The quantitative estimate of drug-likeness (QED) is 0.829. The lowest BCUT2D eigenvalue weighted by Gasteiger charge is -2.56. The smallest absolute Gasteiger partial charge is 0.228 e. The molecular weight excluding hydrogens is 288 g/mol. The van der Waals surface area contributed by atoms with Crippen molar-refractivity contribution in [2.75, 3.05) is 26.4 Å². The zero-order valence-corrected chi connectivity index (χ0v) is 13.8. The molecule has 0 spiro atoms. The number of hydrogen-bond donors (Lipinski definition) is 1. The summed E-state index contributed by atoms with van der Waals surface area (Å²) in [6.07, 6.45) is 8.29. The van der Waals surface area contributed by atoms with E-state index in [1.54, 1.807) is 4.90 Å². The van der Waals surface area contributed by atoms with Gasteiger partial charge in [-0.15, -0.1) is 0 Å². The average molecular weight is 314 g/mol. The molecule has 4 fully saturated rings. The average Bonchev–Trinajstić information content (AvgIpc) is 2.34. The van der Waals surface area contributed by atoms with Crippen molar-refractivity contribution in [3.63, 3.8) is 0 Å². The topological polar surface area (TPSA) is 66.5 Å². The predicted octanol–water partition coefficient (Wildman–Crippen LogP) is 1.21. The Balaban J connectivity index is 1.62. The molecule has 0 aliphatic heterocycles. The second-order valence-electron chi connectivity index (χ2n) is 7.59. The molecule has 4 aliphatic rings. The van der Waals surface area contributed by atoms with Gasteiger partial charge in [0, 0.05) is 20.1 Å². The van der Waals surface area contributed by atoms with Crippen molar-refractivity contribution in [2.45, 2.75) is 38.5 Å². The number of rotatable bonds is 5. The van der Waals surface area contributed by atoms with E-state index in [0.29, 0.717) is 13.1 Å². The van der Waals surface area contributed by atoms with Crippen molar-refractivity contribution < 1.29 is 13.2 Å². The molecule has 4 aliphatic carbocycles. The zero-order valence-electron chi connectivity index (χ0n) is 13.0. The van der Waals surface area contributed by atoms with Gasteiger partial charge in [0.15, 0.2) is 0 Å². The first kappa shape index (κ1) is 15.3. The molecule has 0 aromatic carbocycles. The summed E-state index contributed by atoms with van der Waals surface area (Å²) in [4.78, 5) is 14.6. The second kappa shape index (κ2) is 5.23. The van der Waals surface area contributed by atoms with E-state index in [-0.39, 0.29) is 11.3 Å². The molecule has 0 aromatic heterocycles. The summed E-state index contributed by atoms with van der Waals surface area (Å²) in [5.74, 6) is 2.50. The fourth-order valence-corrected chi connectivity index (χ4v) is 5.74. The number of nitrogens with zero attached hydrogens (tertiary/aromatic N) is 1. The van der Waals surface area contributed by atoms with Crippen molar-refractivity contribution in [2.24, 2.45) is 23.2 Å². The lowest BCUT2D eigenvalue weighted by molar-refractivity contribution is -0.156. The highest BCUT2D eigenvalue weighted by atomic mass is 32.2. The molecule has 0 aromatic rings. The molecule has 0 radical (unpaired) electrons. The Kier molecular flexibility index (Phi) is 3.81. The zero-order chi connectivity index (χ0) is 15.3. The molecule has 6 heteroatoms. The Morgan fingerprint density at radius 3 is 2.05 bits per heavy atom. The highest BCUT2D eigenvalue weighted by Crippen LogP contribution is 2.60. The molecule has 4 saturated carbocycles. The molecule has 0 heterocycles. The summed E-state index contributed by atoms with van der Waals surface area (Å²) in [6, 6.07) is 0. The van der Waals surface area contributed by atoms with Crippen LogP contribution in [0.5, 0.6) is 0 Å². The third kappa shape index (κ3) is 3.11. The van der Waals surface area contributed by atoms with Gasteiger partial charge in [0.25, 0.3) is 0 Å². The number of hydrogen-bond acceptors (Lipinski definition) is 3. The number of nitrogens with one attached hydrogen (secondary N) is 1. The van der Waals surface area contributed by atoms with Crippen molar-refractivity contribution in [3.05, 3.63) is 0 Å². The Hall–Kier alpha value is -0.620. The third-order valence-corrected chi connectivity index (χ3v) is 6.38. The number of likely N-dealkylation sites (N-methyl/N-ethyl adjacent to an activating group) is 1. The molecular formula is C15H26N2O3S. The summed E-state index contributed by atoms with van der Waals surface area (Å²) in [5, 5.41) is 0. The minimum atomic E-state index is -3.18. The van der Waals surface area contributed by atoms with Gasteiger partial charge in [-0.05, 0) is 56.3 Å². The third-order valence-electron chi connectivity index (χ3n) is 5.65. The lowest BCUT2D eigenvalue weighted by Crippen LogP contribution is -2.54. The number of carbonyl (C=O) groups excluding carboxylic acids is 1. The van der Waals surface area contributed by atoms with Gasteiger partial charge in [-0.3, -0.25) is 4.79 Å². The fraction of sp³-hybridized carbons (Fsp3) is 0.933. The Morgan fingerprint density at radius 1 is 1.14 bits per heavy atom. The normalized spacial score (nSPS) is 37.7. The molecule has 0 saturated heterocycles. The van der Waals surface area contributed by atoms with Crippen LogP contribution in [0, 0.1) is 23.2 Å². The van der Waals surface area contributed by atoms with Crippen molar-refractivity contribution in [1.29, 1.82) is 0 Å². The highest BCUT2D eigenvalue weighted by Gasteiger charge is 2.55. The van der Waals surface area contributed by atoms with Gasteiger partial charge in [0.05, 0.1) is 11.7 Å². The minimum Gasteiger partial charge on any atom is -0.344 e. The van der Waals surface area contributed by atoms with E-state index >= 15 is 0 Å². The summed E-state index contributed by atoms with van der Waals surface area (Å²) < 4.78 is 24.6. The van der Waals surface area contributed by atoms with Gasteiger partial charge < -0.3 is 4.90 Å². The summed E-state index contributed by atoms with van der Waals surface area (Å²) in [6.45, 7) is 0.751. The molecule has 1 amide bonds. The molecule has 4 rings (SSSR count).